The van der Waals surface area contributed by atoms with Gasteiger partial charge in [-0.2, -0.15) is 0 Å². The number of nitrogens with zero attached hydrogens (tertiary/aromatic N) is 4. The highest BCUT2D eigenvalue weighted by Crippen LogP contribution is 2.28. The third kappa shape index (κ3) is 3.67. The van der Waals surface area contributed by atoms with Gasteiger partial charge in [-0.1, -0.05) is 0 Å². The molecule has 0 unspecified atom stereocenters. The molecule has 0 saturated heterocycles. The van der Waals surface area contributed by atoms with Crippen LogP contribution in [0.5, 0.6) is 0 Å². The quantitative estimate of drug-likeness (QED) is 0.901. The maximum absolute atomic E-state index is 12.0. The fraction of sp³-hybridized carbons (Fsp3) is 0.588. The molecule has 2 aromatic heterocycles. The Morgan fingerprint density at radius 2 is 2.25 bits per heavy atom. The van der Waals surface area contributed by atoms with Gasteiger partial charge in [-0.05, 0) is 27.7 Å². The highest BCUT2D eigenvalue weighted by molar-refractivity contribution is 7.09. The largest absolute Gasteiger partial charge is 0.354 e. The minimum atomic E-state index is 0.0326. The second kappa shape index (κ2) is 7.03. The zero-order valence-electron chi connectivity index (χ0n) is 14.7. The summed E-state index contributed by atoms with van der Waals surface area (Å²) >= 11 is 1.71. The minimum Gasteiger partial charge on any atom is -0.354 e. The molecule has 1 N–H and O–H groups in total. The SMILES string of the molecule is Cc1ncsc1CN1CCn2cc(CC(=O)NC(C)C)nc2[C@H]1C. The van der Waals surface area contributed by atoms with E-state index in [-0.39, 0.29) is 18.0 Å². The molecule has 130 valence electrons. The Hall–Kier alpha value is -1.73. The van der Waals surface area contributed by atoms with Gasteiger partial charge in [0, 0.05) is 36.8 Å². The molecule has 24 heavy (non-hydrogen) atoms. The average molecular weight is 347 g/mol. The molecule has 0 radical (unpaired) electrons. The lowest BCUT2D eigenvalue weighted by Gasteiger charge is -2.33. The first kappa shape index (κ1) is 17.1. The number of hydrogen-bond donors (Lipinski definition) is 1. The maximum Gasteiger partial charge on any atom is 0.226 e. The number of aromatic nitrogens is 3. The van der Waals surface area contributed by atoms with Crippen molar-refractivity contribution < 1.29 is 4.79 Å². The standard InChI is InChI=1S/C17H25N5OS/c1-11(2)19-16(23)7-14-8-22-6-5-21(13(4)17(22)20-14)9-15-12(3)18-10-24-15/h8,10-11,13H,5-7,9H2,1-4H3,(H,19,23)/t13-/m1/s1. The molecule has 3 heterocycles. The van der Waals surface area contributed by atoms with Gasteiger partial charge in [0.25, 0.3) is 0 Å². The number of imidazole rings is 1. The highest BCUT2D eigenvalue weighted by Gasteiger charge is 2.27. The Kier molecular flexibility index (Phi) is 5.01. The van der Waals surface area contributed by atoms with E-state index < -0.39 is 0 Å². The van der Waals surface area contributed by atoms with Gasteiger partial charge in [0.1, 0.15) is 5.82 Å². The van der Waals surface area contributed by atoms with Gasteiger partial charge in [-0.15, -0.1) is 11.3 Å². The van der Waals surface area contributed by atoms with E-state index in [1.807, 2.05) is 25.6 Å². The van der Waals surface area contributed by atoms with E-state index in [1.165, 1.54) is 4.88 Å². The molecule has 0 bridgehead atoms. The van der Waals surface area contributed by atoms with Crippen molar-refractivity contribution in [2.45, 2.75) is 59.3 Å². The molecule has 1 aliphatic rings. The number of fused-ring (bicyclic) bond motifs is 1. The van der Waals surface area contributed by atoms with E-state index in [1.54, 1.807) is 11.3 Å². The summed E-state index contributed by atoms with van der Waals surface area (Å²) < 4.78 is 2.19. The topological polar surface area (TPSA) is 63.1 Å². The van der Waals surface area contributed by atoms with Crippen LogP contribution in [0.3, 0.4) is 0 Å². The molecule has 6 nitrogen and oxygen atoms in total. The van der Waals surface area contributed by atoms with Crippen LogP contribution in [0.1, 0.15) is 48.9 Å². The van der Waals surface area contributed by atoms with E-state index in [4.69, 9.17) is 4.98 Å². The summed E-state index contributed by atoms with van der Waals surface area (Å²) in [5.74, 6) is 1.08. The Morgan fingerprint density at radius 3 is 2.92 bits per heavy atom. The van der Waals surface area contributed by atoms with E-state index in [0.29, 0.717) is 6.42 Å². The summed E-state index contributed by atoms with van der Waals surface area (Å²) in [5.41, 5.74) is 3.88. The van der Waals surface area contributed by atoms with Crippen LogP contribution >= 0.6 is 11.3 Å². The molecule has 1 amide bonds. The van der Waals surface area contributed by atoms with Crippen molar-refractivity contribution in [2.24, 2.45) is 0 Å². The van der Waals surface area contributed by atoms with Gasteiger partial charge in [0.2, 0.25) is 5.91 Å². The van der Waals surface area contributed by atoms with Crippen molar-refractivity contribution >= 4 is 17.2 Å². The van der Waals surface area contributed by atoms with Crippen molar-refractivity contribution in [3.8, 4) is 0 Å². The number of carbonyl (C=O) groups is 1. The minimum absolute atomic E-state index is 0.0326. The van der Waals surface area contributed by atoms with Crippen LogP contribution < -0.4 is 5.32 Å². The first-order chi connectivity index (χ1) is 11.4. The number of hydrogen-bond acceptors (Lipinski definition) is 5. The smallest absolute Gasteiger partial charge is 0.226 e. The van der Waals surface area contributed by atoms with Crippen LogP contribution in [0.25, 0.3) is 0 Å². The Morgan fingerprint density at radius 1 is 1.46 bits per heavy atom. The fourth-order valence-electron chi connectivity index (χ4n) is 3.09. The lowest BCUT2D eigenvalue weighted by Crippen LogP contribution is -2.36. The zero-order chi connectivity index (χ0) is 17.3. The number of aryl methyl sites for hydroxylation is 1. The molecule has 1 aliphatic heterocycles. The third-order valence-corrected chi connectivity index (χ3v) is 5.31. The monoisotopic (exact) mass is 347 g/mol. The van der Waals surface area contributed by atoms with Gasteiger partial charge in [0.05, 0.1) is 29.4 Å². The summed E-state index contributed by atoms with van der Waals surface area (Å²) in [5, 5.41) is 2.92. The van der Waals surface area contributed by atoms with Gasteiger partial charge >= 0.3 is 0 Å². The molecule has 0 aliphatic carbocycles. The molecule has 0 spiro atoms. The van der Waals surface area contributed by atoms with Crippen molar-refractivity contribution in [3.63, 3.8) is 0 Å². The predicted molar refractivity (Wildman–Crippen MR) is 94.9 cm³/mol. The molecule has 1 atom stereocenters. The highest BCUT2D eigenvalue weighted by atomic mass is 32.1. The number of rotatable bonds is 5. The molecular formula is C17H25N5OS. The first-order valence-electron chi connectivity index (χ1n) is 8.42. The van der Waals surface area contributed by atoms with E-state index in [2.05, 4.69) is 33.6 Å². The van der Waals surface area contributed by atoms with Crippen molar-refractivity contribution in [3.05, 3.63) is 33.8 Å². The lowest BCUT2D eigenvalue weighted by molar-refractivity contribution is -0.120. The second-order valence-corrected chi connectivity index (χ2v) is 7.63. The molecule has 0 fully saturated rings. The lowest BCUT2D eigenvalue weighted by atomic mass is 10.2. The third-order valence-electron chi connectivity index (χ3n) is 4.39. The molecule has 0 aromatic carbocycles. The van der Waals surface area contributed by atoms with E-state index >= 15 is 0 Å². The van der Waals surface area contributed by atoms with Gasteiger partial charge in [-0.25, -0.2) is 9.97 Å². The van der Waals surface area contributed by atoms with Crippen molar-refractivity contribution in [1.82, 2.24) is 24.8 Å². The van der Waals surface area contributed by atoms with Crippen molar-refractivity contribution in [2.75, 3.05) is 6.54 Å². The summed E-state index contributed by atoms with van der Waals surface area (Å²) in [6, 6.07) is 0.397. The molecule has 0 saturated carbocycles. The Bertz CT molecular complexity index is 720. The number of carbonyl (C=O) groups excluding carboxylic acids is 1. The summed E-state index contributed by atoms with van der Waals surface area (Å²) in [6.07, 6.45) is 2.37. The summed E-state index contributed by atoms with van der Waals surface area (Å²) in [4.78, 5) is 24.8. The van der Waals surface area contributed by atoms with E-state index in [9.17, 15) is 4.79 Å². The fourth-order valence-corrected chi connectivity index (χ4v) is 3.89. The number of amides is 1. The molecule has 7 heteroatoms. The summed E-state index contributed by atoms with van der Waals surface area (Å²) in [6.45, 7) is 11.0. The second-order valence-electron chi connectivity index (χ2n) is 6.69. The molecular weight excluding hydrogens is 322 g/mol. The summed E-state index contributed by atoms with van der Waals surface area (Å²) in [7, 11) is 0. The molecule has 3 rings (SSSR count). The van der Waals surface area contributed by atoms with Crippen LogP contribution in [-0.4, -0.2) is 37.9 Å². The van der Waals surface area contributed by atoms with Crippen LogP contribution in [0.15, 0.2) is 11.7 Å². The van der Waals surface area contributed by atoms with Crippen LogP contribution in [0.4, 0.5) is 0 Å². The van der Waals surface area contributed by atoms with Crippen LogP contribution in [0.2, 0.25) is 0 Å². The maximum atomic E-state index is 12.0. The number of thiazole rings is 1. The van der Waals surface area contributed by atoms with Gasteiger partial charge in [-0.3, -0.25) is 9.69 Å². The Labute approximate surface area is 146 Å². The van der Waals surface area contributed by atoms with E-state index in [0.717, 1.165) is 36.8 Å². The van der Waals surface area contributed by atoms with Crippen LogP contribution in [-0.2, 0) is 24.3 Å². The first-order valence-corrected chi connectivity index (χ1v) is 9.30. The predicted octanol–water partition coefficient (Wildman–Crippen LogP) is 2.29. The average Bonchev–Trinajstić information content (AvgIpc) is 3.08. The zero-order valence-corrected chi connectivity index (χ0v) is 15.6. The Balaban J connectivity index is 1.70. The van der Waals surface area contributed by atoms with Crippen LogP contribution in [0, 0.1) is 6.92 Å². The number of nitrogens with one attached hydrogen (secondary N) is 1. The van der Waals surface area contributed by atoms with Gasteiger partial charge in [0.15, 0.2) is 0 Å². The van der Waals surface area contributed by atoms with Crippen molar-refractivity contribution in [1.29, 1.82) is 0 Å². The molecule has 2 aromatic rings. The normalized spacial score (nSPS) is 18.0. The van der Waals surface area contributed by atoms with Gasteiger partial charge < -0.3 is 9.88 Å².